The molecule has 0 aromatic rings. The maximum Gasteiger partial charge on any atom is 0.410 e. The van der Waals surface area contributed by atoms with Crippen LogP contribution in [0.25, 0.3) is 0 Å². The molecule has 0 radical (unpaired) electrons. The standard InChI is InChI=1S/C15H28N2O5S/c1-14(2,3)22-13(21)17-10-15(11-17,9-12(19)20)16-5-8-23-7-4-6-18/h16,18H,4-11H2,1-3H3,(H,19,20). The maximum absolute atomic E-state index is 12.0. The number of aliphatic hydroxyl groups excluding tert-OH is 1. The summed E-state index contributed by atoms with van der Waals surface area (Å²) >= 11 is 1.71. The molecule has 1 amide bonds. The van der Waals surface area contributed by atoms with Crippen molar-refractivity contribution in [3.63, 3.8) is 0 Å². The van der Waals surface area contributed by atoms with E-state index in [1.807, 2.05) is 0 Å². The van der Waals surface area contributed by atoms with Crippen molar-refractivity contribution in [2.24, 2.45) is 0 Å². The fourth-order valence-electron chi connectivity index (χ4n) is 2.37. The lowest BCUT2D eigenvalue weighted by Gasteiger charge is -2.49. The van der Waals surface area contributed by atoms with Crippen LogP contribution >= 0.6 is 11.8 Å². The highest BCUT2D eigenvalue weighted by Gasteiger charge is 2.47. The van der Waals surface area contributed by atoms with Gasteiger partial charge in [0.05, 0.1) is 12.0 Å². The zero-order valence-corrected chi connectivity index (χ0v) is 14.9. The molecule has 1 saturated heterocycles. The number of carbonyl (C=O) groups is 2. The monoisotopic (exact) mass is 348 g/mol. The van der Waals surface area contributed by atoms with Crippen LogP contribution in [-0.2, 0) is 9.53 Å². The first-order chi connectivity index (χ1) is 10.7. The van der Waals surface area contributed by atoms with Gasteiger partial charge in [0.15, 0.2) is 0 Å². The minimum atomic E-state index is -0.880. The molecular formula is C15H28N2O5S. The number of carbonyl (C=O) groups excluding carboxylic acids is 1. The Hall–Kier alpha value is -0.990. The third kappa shape index (κ3) is 7.41. The average Bonchev–Trinajstić information content (AvgIpc) is 2.36. The van der Waals surface area contributed by atoms with Crippen molar-refractivity contribution in [2.75, 3.05) is 37.7 Å². The van der Waals surface area contributed by atoms with Crippen LogP contribution in [0.15, 0.2) is 0 Å². The van der Waals surface area contributed by atoms with E-state index in [0.29, 0.717) is 19.6 Å². The van der Waals surface area contributed by atoms with E-state index in [1.54, 1.807) is 32.5 Å². The van der Waals surface area contributed by atoms with E-state index in [9.17, 15) is 9.59 Å². The van der Waals surface area contributed by atoms with Crippen molar-refractivity contribution >= 4 is 23.8 Å². The number of hydrogen-bond acceptors (Lipinski definition) is 6. The second kappa shape index (κ2) is 8.75. The molecule has 134 valence electrons. The Bertz CT molecular complexity index is 405. The molecule has 0 atom stereocenters. The van der Waals surface area contributed by atoms with E-state index in [2.05, 4.69) is 5.32 Å². The number of amides is 1. The fraction of sp³-hybridized carbons (Fsp3) is 0.867. The topological polar surface area (TPSA) is 99.1 Å². The third-order valence-electron chi connectivity index (χ3n) is 3.32. The normalized spacial score (nSPS) is 16.8. The van der Waals surface area contributed by atoms with Crippen LogP contribution in [0.2, 0.25) is 0 Å². The summed E-state index contributed by atoms with van der Waals surface area (Å²) in [5.74, 6) is 0.844. The van der Waals surface area contributed by atoms with Crippen LogP contribution in [0.5, 0.6) is 0 Å². The number of nitrogens with zero attached hydrogens (tertiary/aromatic N) is 1. The van der Waals surface area contributed by atoms with Crippen molar-refractivity contribution in [1.29, 1.82) is 0 Å². The van der Waals surface area contributed by atoms with Gasteiger partial charge in [-0.2, -0.15) is 11.8 Å². The van der Waals surface area contributed by atoms with Gasteiger partial charge in [0.25, 0.3) is 0 Å². The van der Waals surface area contributed by atoms with Crippen molar-refractivity contribution in [3.05, 3.63) is 0 Å². The van der Waals surface area contributed by atoms with Crippen LogP contribution in [0, 0.1) is 0 Å². The quantitative estimate of drug-likeness (QED) is 0.538. The summed E-state index contributed by atoms with van der Waals surface area (Å²) in [6, 6.07) is 0. The summed E-state index contributed by atoms with van der Waals surface area (Å²) in [5, 5.41) is 21.1. The van der Waals surface area contributed by atoms with Gasteiger partial charge in [0.1, 0.15) is 5.60 Å². The number of aliphatic carboxylic acids is 1. The van der Waals surface area contributed by atoms with Crippen LogP contribution in [-0.4, -0.2) is 76.1 Å². The molecule has 23 heavy (non-hydrogen) atoms. The van der Waals surface area contributed by atoms with Gasteiger partial charge in [-0.3, -0.25) is 4.79 Å². The van der Waals surface area contributed by atoms with Gasteiger partial charge in [-0.1, -0.05) is 0 Å². The smallest absolute Gasteiger partial charge is 0.410 e. The Labute approximate surface area is 141 Å². The van der Waals surface area contributed by atoms with Gasteiger partial charge in [-0.25, -0.2) is 4.79 Å². The lowest BCUT2D eigenvalue weighted by molar-refractivity contribution is -0.141. The zero-order chi connectivity index (χ0) is 17.5. The molecule has 8 heteroatoms. The number of aliphatic hydroxyl groups is 1. The predicted octanol–water partition coefficient (Wildman–Crippen LogP) is 1.16. The summed E-state index contributed by atoms with van der Waals surface area (Å²) in [5.41, 5.74) is -1.13. The van der Waals surface area contributed by atoms with Gasteiger partial charge in [-0.05, 0) is 32.9 Å². The van der Waals surface area contributed by atoms with Gasteiger partial charge < -0.3 is 25.2 Å². The van der Waals surface area contributed by atoms with E-state index in [-0.39, 0.29) is 13.0 Å². The lowest BCUT2D eigenvalue weighted by atomic mass is 9.86. The molecular weight excluding hydrogens is 320 g/mol. The Morgan fingerprint density at radius 3 is 2.48 bits per heavy atom. The Morgan fingerprint density at radius 2 is 1.96 bits per heavy atom. The maximum atomic E-state index is 12.0. The first kappa shape index (κ1) is 20.1. The molecule has 0 aromatic carbocycles. The summed E-state index contributed by atoms with van der Waals surface area (Å²) in [7, 11) is 0. The second-order valence-corrected chi connectivity index (χ2v) is 8.03. The molecule has 3 N–H and O–H groups in total. The minimum absolute atomic E-state index is 0.0202. The highest BCUT2D eigenvalue weighted by Crippen LogP contribution is 2.26. The van der Waals surface area contributed by atoms with Crippen LogP contribution in [0.3, 0.4) is 0 Å². The minimum Gasteiger partial charge on any atom is -0.481 e. The number of carboxylic acid groups (broad SMARTS) is 1. The van der Waals surface area contributed by atoms with E-state index in [4.69, 9.17) is 14.9 Å². The van der Waals surface area contributed by atoms with Crippen molar-refractivity contribution in [3.8, 4) is 0 Å². The van der Waals surface area contributed by atoms with Gasteiger partial charge >= 0.3 is 12.1 Å². The lowest BCUT2D eigenvalue weighted by Crippen LogP contribution is -2.71. The van der Waals surface area contributed by atoms with Crippen LogP contribution < -0.4 is 5.32 Å². The molecule has 7 nitrogen and oxygen atoms in total. The molecule has 1 fully saturated rings. The van der Waals surface area contributed by atoms with Gasteiger partial charge in [-0.15, -0.1) is 0 Å². The number of rotatable bonds is 9. The number of likely N-dealkylation sites (tertiary alicyclic amines) is 1. The zero-order valence-electron chi connectivity index (χ0n) is 14.1. The number of carboxylic acids is 1. The van der Waals surface area contributed by atoms with Crippen molar-refractivity contribution < 1.29 is 24.5 Å². The molecule has 1 aliphatic rings. The number of thioether (sulfide) groups is 1. The fourth-order valence-corrected chi connectivity index (χ4v) is 3.16. The molecule has 1 aliphatic heterocycles. The van der Waals surface area contributed by atoms with Gasteiger partial charge in [0.2, 0.25) is 0 Å². The summed E-state index contributed by atoms with van der Waals surface area (Å²) in [6.07, 6.45) is 0.336. The molecule has 1 rings (SSSR count). The molecule has 0 aromatic heterocycles. The second-order valence-electron chi connectivity index (χ2n) is 6.80. The average molecular weight is 348 g/mol. The largest absolute Gasteiger partial charge is 0.481 e. The first-order valence-electron chi connectivity index (χ1n) is 7.81. The predicted molar refractivity (Wildman–Crippen MR) is 89.8 cm³/mol. The molecule has 0 bridgehead atoms. The summed E-state index contributed by atoms with van der Waals surface area (Å²) < 4.78 is 5.29. The Morgan fingerprint density at radius 1 is 1.30 bits per heavy atom. The number of ether oxygens (including phenoxy) is 1. The molecule has 1 heterocycles. The highest BCUT2D eigenvalue weighted by molar-refractivity contribution is 7.99. The molecule has 0 spiro atoms. The molecule has 0 unspecified atom stereocenters. The van der Waals surface area contributed by atoms with Crippen molar-refractivity contribution in [1.82, 2.24) is 10.2 Å². The summed E-state index contributed by atoms with van der Waals surface area (Å²) in [6.45, 7) is 6.95. The summed E-state index contributed by atoms with van der Waals surface area (Å²) in [4.78, 5) is 24.6. The van der Waals surface area contributed by atoms with Crippen LogP contribution in [0.1, 0.15) is 33.6 Å². The Kier molecular flexibility index (Phi) is 7.63. The third-order valence-corrected chi connectivity index (χ3v) is 4.39. The highest BCUT2D eigenvalue weighted by atomic mass is 32.2. The molecule has 0 saturated carbocycles. The van der Waals surface area contributed by atoms with E-state index >= 15 is 0 Å². The van der Waals surface area contributed by atoms with Crippen LogP contribution in [0.4, 0.5) is 4.79 Å². The SMILES string of the molecule is CC(C)(C)OC(=O)N1CC(CC(=O)O)(NCCSCCCO)C1. The van der Waals surface area contributed by atoms with E-state index < -0.39 is 23.2 Å². The van der Waals surface area contributed by atoms with Crippen molar-refractivity contribution in [2.45, 2.75) is 44.8 Å². The van der Waals surface area contributed by atoms with E-state index in [0.717, 1.165) is 17.9 Å². The van der Waals surface area contributed by atoms with E-state index in [1.165, 1.54) is 4.90 Å². The molecule has 0 aliphatic carbocycles. The Balaban J connectivity index is 2.40. The number of hydrogen-bond donors (Lipinski definition) is 3. The van der Waals surface area contributed by atoms with Gasteiger partial charge in [0, 0.05) is 32.0 Å². The number of nitrogens with one attached hydrogen (secondary N) is 1. The first-order valence-corrected chi connectivity index (χ1v) is 8.96.